The number of halogens is 2. The molecule has 4 unspecified atom stereocenters. The second kappa shape index (κ2) is 19.7. The van der Waals surface area contributed by atoms with E-state index in [1.807, 2.05) is 17.4 Å². The summed E-state index contributed by atoms with van der Waals surface area (Å²) < 4.78 is 3.70. The Bertz CT molecular complexity index is 2110. The summed E-state index contributed by atoms with van der Waals surface area (Å²) in [7, 11) is 0. The SMILES string of the molecule is CCN1C(=CC=C2CCC(C=Cc3sc4ccc(Cl)cc4[n+]3CC)=C2CC(CCc2ccccc2)c2ccccc2)SC2CCC(Cl)(C3CCCCCCCC3)CC21. The van der Waals surface area contributed by atoms with Crippen LogP contribution in [-0.4, -0.2) is 27.6 Å². The van der Waals surface area contributed by atoms with Crippen molar-refractivity contribution in [1.29, 1.82) is 0 Å². The van der Waals surface area contributed by atoms with E-state index in [-0.39, 0.29) is 4.87 Å². The summed E-state index contributed by atoms with van der Waals surface area (Å²) in [5, 5.41) is 4.18. The van der Waals surface area contributed by atoms with Gasteiger partial charge >= 0.3 is 0 Å². The minimum Gasteiger partial charge on any atom is -0.362 e. The maximum Gasteiger partial charge on any atom is 0.262 e. The number of thiazole rings is 1. The Kier molecular flexibility index (Phi) is 14.3. The van der Waals surface area contributed by atoms with E-state index in [2.05, 4.69) is 132 Å². The summed E-state index contributed by atoms with van der Waals surface area (Å²) >= 11 is 18.3. The number of thioether (sulfide) groups is 1. The maximum absolute atomic E-state index is 7.79. The normalized spacial score (nSPS) is 25.5. The summed E-state index contributed by atoms with van der Waals surface area (Å²) in [6.07, 6.45) is 29.8. The molecule has 3 aromatic carbocycles. The van der Waals surface area contributed by atoms with Crippen molar-refractivity contribution in [2.75, 3.05) is 6.54 Å². The number of hydrogen-bond donors (Lipinski definition) is 0. The highest BCUT2D eigenvalue weighted by molar-refractivity contribution is 8.03. The van der Waals surface area contributed by atoms with Crippen molar-refractivity contribution in [3.8, 4) is 0 Å². The molecule has 3 fully saturated rings. The van der Waals surface area contributed by atoms with Gasteiger partial charge in [-0.25, -0.2) is 0 Å². The standard InChI is InChI=1S/C52H63Cl2N2S2/c1-3-55-46-36-44(53)29-30-48(46)57-50(55)31-27-40-25-26-41(45(40)35-42(39-19-13-10-14-20-39)24-23-38-17-11-9-12-18-38)28-32-51-56(4-2)47-37-52(54,34-33-49(47)58-51)43-21-15-7-5-6-8-16-22-43/h9-14,17-20,27-32,36,42-43,47,49H,3-8,15-16,21-26,33-35,37H2,1-2H3/q+1. The van der Waals surface area contributed by atoms with Gasteiger partial charge < -0.3 is 4.90 Å². The summed E-state index contributed by atoms with van der Waals surface area (Å²) in [5.74, 6) is 1.10. The van der Waals surface area contributed by atoms with Crippen LogP contribution in [0.25, 0.3) is 16.3 Å². The molecule has 0 radical (unpaired) electrons. The molecule has 1 saturated heterocycles. The summed E-state index contributed by atoms with van der Waals surface area (Å²) in [5.41, 5.74) is 8.64. The van der Waals surface area contributed by atoms with Crippen LogP contribution < -0.4 is 4.57 Å². The predicted octanol–water partition coefficient (Wildman–Crippen LogP) is 15.3. The van der Waals surface area contributed by atoms with Gasteiger partial charge in [-0.2, -0.15) is 4.57 Å². The van der Waals surface area contributed by atoms with E-state index in [0.717, 1.165) is 56.6 Å². The van der Waals surface area contributed by atoms with Gasteiger partial charge in [-0.3, -0.25) is 0 Å². The second-order valence-corrected chi connectivity index (χ2v) is 20.9. The molecule has 2 saturated carbocycles. The van der Waals surface area contributed by atoms with Gasteiger partial charge in [-0.05, 0) is 136 Å². The van der Waals surface area contributed by atoms with Crippen molar-refractivity contribution in [3.05, 3.63) is 140 Å². The lowest BCUT2D eigenvalue weighted by molar-refractivity contribution is -0.665. The molecule has 2 nitrogen and oxygen atoms in total. The number of hydrogen-bond acceptors (Lipinski definition) is 3. The Labute approximate surface area is 367 Å². The number of alkyl halides is 1. The molecule has 306 valence electrons. The number of aromatic nitrogens is 1. The van der Waals surface area contributed by atoms with Crippen LogP contribution in [0.5, 0.6) is 0 Å². The zero-order chi connectivity index (χ0) is 39.9. The first-order valence-corrected chi connectivity index (χ1v) is 25.0. The highest BCUT2D eigenvalue weighted by Gasteiger charge is 2.49. The fourth-order valence-electron chi connectivity index (χ4n) is 10.7. The third-order valence-electron chi connectivity index (χ3n) is 13.9. The lowest BCUT2D eigenvalue weighted by atomic mass is 9.73. The van der Waals surface area contributed by atoms with Gasteiger partial charge in [0.25, 0.3) is 5.01 Å². The van der Waals surface area contributed by atoms with Crippen molar-refractivity contribution in [3.63, 3.8) is 0 Å². The van der Waals surface area contributed by atoms with E-state index in [4.69, 9.17) is 23.2 Å². The first kappa shape index (κ1) is 42.0. The number of aryl methyl sites for hydroxylation is 2. The molecule has 0 spiro atoms. The van der Waals surface area contributed by atoms with Crippen LogP contribution >= 0.6 is 46.3 Å². The molecule has 3 aliphatic carbocycles. The lowest BCUT2D eigenvalue weighted by Gasteiger charge is -2.45. The lowest BCUT2D eigenvalue weighted by Crippen LogP contribution is -2.48. The molecule has 1 aromatic heterocycles. The van der Waals surface area contributed by atoms with E-state index < -0.39 is 0 Å². The van der Waals surface area contributed by atoms with Crippen LogP contribution in [0.4, 0.5) is 0 Å². The Hall–Kier alpha value is -2.76. The van der Waals surface area contributed by atoms with E-state index in [1.54, 1.807) is 5.57 Å². The Balaban J connectivity index is 1.10. The average molecular weight is 851 g/mol. The molecule has 0 bridgehead atoms. The van der Waals surface area contributed by atoms with Crippen LogP contribution in [0.1, 0.15) is 132 Å². The Morgan fingerprint density at radius 3 is 2.34 bits per heavy atom. The zero-order valence-electron chi connectivity index (χ0n) is 34.8. The molecular formula is C52H63Cl2N2S2+. The highest BCUT2D eigenvalue weighted by Crippen LogP contribution is 2.54. The molecule has 2 heterocycles. The Morgan fingerprint density at radius 2 is 1.60 bits per heavy atom. The molecule has 4 aliphatic rings. The van der Waals surface area contributed by atoms with Crippen LogP contribution in [0, 0.1) is 5.92 Å². The first-order chi connectivity index (χ1) is 28.4. The van der Waals surface area contributed by atoms with Crippen molar-refractivity contribution in [2.45, 2.75) is 145 Å². The average Bonchev–Trinajstić information content (AvgIpc) is 3.95. The van der Waals surface area contributed by atoms with E-state index in [1.165, 1.54) is 107 Å². The molecule has 4 atom stereocenters. The number of allylic oxidation sites excluding steroid dienone is 6. The molecule has 8 rings (SSSR count). The van der Waals surface area contributed by atoms with Crippen LogP contribution in [0.3, 0.4) is 0 Å². The molecule has 4 aromatic rings. The fourth-order valence-corrected chi connectivity index (χ4v) is 13.9. The largest absolute Gasteiger partial charge is 0.362 e. The summed E-state index contributed by atoms with van der Waals surface area (Å²) in [6.45, 7) is 6.56. The molecule has 0 amide bonds. The van der Waals surface area contributed by atoms with Gasteiger partial charge in [-0.1, -0.05) is 134 Å². The van der Waals surface area contributed by atoms with Crippen molar-refractivity contribution in [2.24, 2.45) is 5.92 Å². The van der Waals surface area contributed by atoms with Crippen LogP contribution in [0.15, 0.2) is 119 Å². The second-order valence-electron chi connectivity index (χ2n) is 17.3. The number of nitrogens with zero attached hydrogens (tertiary/aromatic N) is 2. The van der Waals surface area contributed by atoms with Crippen LogP contribution in [-0.2, 0) is 13.0 Å². The van der Waals surface area contributed by atoms with Gasteiger partial charge in [0.15, 0.2) is 0 Å². The van der Waals surface area contributed by atoms with E-state index >= 15 is 0 Å². The summed E-state index contributed by atoms with van der Waals surface area (Å²) in [4.78, 5) is 2.69. The Morgan fingerprint density at radius 1 is 0.862 bits per heavy atom. The quantitative estimate of drug-likeness (QED) is 0.104. The fraction of sp³-hybridized carbons (Fsp3) is 0.481. The molecule has 58 heavy (non-hydrogen) atoms. The minimum absolute atomic E-state index is 0.0429. The molecule has 0 N–H and O–H groups in total. The van der Waals surface area contributed by atoms with Gasteiger partial charge in [0, 0.05) is 39.9 Å². The number of rotatable bonds is 12. The van der Waals surface area contributed by atoms with Gasteiger partial charge in [0.2, 0.25) is 5.52 Å². The van der Waals surface area contributed by atoms with Crippen molar-refractivity contribution in [1.82, 2.24) is 4.90 Å². The number of benzene rings is 3. The van der Waals surface area contributed by atoms with E-state index in [0.29, 0.717) is 23.1 Å². The zero-order valence-corrected chi connectivity index (χ0v) is 38.0. The van der Waals surface area contributed by atoms with Crippen molar-refractivity contribution < 1.29 is 4.57 Å². The summed E-state index contributed by atoms with van der Waals surface area (Å²) in [6, 6.07) is 29.2. The monoisotopic (exact) mass is 849 g/mol. The number of fused-ring (bicyclic) bond motifs is 2. The van der Waals surface area contributed by atoms with Gasteiger partial charge in [-0.15, -0.1) is 23.4 Å². The first-order valence-electron chi connectivity index (χ1n) is 22.6. The molecule has 6 heteroatoms. The van der Waals surface area contributed by atoms with Gasteiger partial charge in [0.1, 0.15) is 11.2 Å². The highest BCUT2D eigenvalue weighted by atomic mass is 35.5. The third kappa shape index (κ3) is 9.72. The third-order valence-corrected chi connectivity index (χ3v) is 17.3. The van der Waals surface area contributed by atoms with Crippen LogP contribution in [0.2, 0.25) is 5.02 Å². The maximum atomic E-state index is 7.79. The minimum atomic E-state index is -0.0429. The topological polar surface area (TPSA) is 7.12 Å². The molecular weight excluding hydrogens is 788 g/mol. The predicted molar refractivity (Wildman–Crippen MR) is 253 cm³/mol. The van der Waals surface area contributed by atoms with E-state index in [9.17, 15) is 0 Å². The van der Waals surface area contributed by atoms with Crippen molar-refractivity contribution >= 4 is 62.6 Å². The van der Waals surface area contributed by atoms with Gasteiger partial charge in [0.05, 0.1) is 5.03 Å². The molecule has 1 aliphatic heterocycles. The smallest absolute Gasteiger partial charge is 0.262 e.